The van der Waals surface area contributed by atoms with Gasteiger partial charge in [0.05, 0.1) is 25.0 Å². The van der Waals surface area contributed by atoms with Crippen molar-refractivity contribution in [1.29, 1.82) is 0 Å². The molecule has 0 spiro atoms. The predicted molar refractivity (Wildman–Crippen MR) is 117 cm³/mol. The predicted octanol–water partition coefficient (Wildman–Crippen LogP) is 5.13. The lowest BCUT2D eigenvalue weighted by molar-refractivity contribution is -0.137. The Labute approximate surface area is 179 Å². The third kappa shape index (κ3) is 5.33. The van der Waals surface area contributed by atoms with E-state index < -0.39 is 17.5 Å². The van der Waals surface area contributed by atoms with Gasteiger partial charge in [-0.15, -0.1) is 0 Å². The number of rotatable bonds is 7. The summed E-state index contributed by atoms with van der Waals surface area (Å²) in [6.45, 7) is 1.73. The number of aliphatic hydroxyl groups is 1. The zero-order chi connectivity index (χ0) is 22.2. The highest BCUT2D eigenvalue weighted by Gasteiger charge is 2.19. The number of carbonyl (C=O) groups excluding carboxylic acids is 1. The Morgan fingerprint density at radius 3 is 2.42 bits per heavy atom. The standard InChI is InChI=1S/C24H21FN2O4/c1-3-31-24(29)21(15-27-18-5-7-19(30-2)8-6-18)23(28)20-9-4-17(14-22(20)25)16-10-12-26-13-11-16/h4-15,28H,3H2,1-2H3/b23-21-,27-15?. The summed E-state index contributed by atoms with van der Waals surface area (Å²) in [5, 5.41) is 10.7. The quantitative estimate of drug-likeness (QED) is 0.248. The van der Waals surface area contributed by atoms with Gasteiger partial charge in [0.25, 0.3) is 0 Å². The Morgan fingerprint density at radius 2 is 1.81 bits per heavy atom. The van der Waals surface area contributed by atoms with Crippen molar-refractivity contribution in [2.75, 3.05) is 13.7 Å². The topological polar surface area (TPSA) is 81.0 Å². The van der Waals surface area contributed by atoms with Crippen molar-refractivity contribution in [2.24, 2.45) is 4.99 Å². The molecule has 7 heteroatoms. The first-order chi connectivity index (χ1) is 15.0. The van der Waals surface area contributed by atoms with Crippen molar-refractivity contribution >= 4 is 23.6 Å². The lowest BCUT2D eigenvalue weighted by Gasteiger charge is -2.09. The molecule has 3 aromatic rings. The molecule has 0 radical (unpaired) electrons. The van der Waals surface area contributed by atoms with Crippen LogP contribution in [0.25, 0.3) is 16.9 Å². The first-order valence-electron chi connectivity index (χ1n) is 9.52. The highest BCUT2D eigenvalue weighted by atomic mass is 19.1. The smallest absolute Gasteiger partial charge is 0.343 e. The van der Waals surface area contributed by atoms with Crippen LogP contribution in [0.4, 0.5) is 10.1 Å². The molecule has 31 heavy (non-hydrogen) atoms. The van der Waals surface area contributed by atoms with E-state index in [9.17, 15) is 14.3 Å². The van der Waals surface area contributed by atoms with Crippen LogP contribution in [0.3, 0.4) is 0 Å². The number of aliphatic imine (C=N–C) groups is 1. The van der Waals surface area contributed by atoms with E-state index in [1.807, 2.05) is 0 Å². The van der Waals surface area contributed by atoms with Crippen molar-refractivity contribution in [2.45, 2.75) is 6.92 Å². The summed E-state index contributed by atoms with van der Waals surface area (Å²) < 4.78 is 24.9. The Morgan fingerprint density at radius 1 is 1.10 bits per heavy atom. The Balaban J connectivity index is 1.99. The molecular formula is C24H21FN2O4. The molecular weight excluding hydrogens is 399 g/mol. The van der Waals surface area contributed by atoms with Crippen LogP contribution in [-0.2, 0) is 9.53 Å². The second-order valence-corrected chi connectivity index (χ2v) is 6.37. The van der Waals surface area contributed by atoms with Gasteiger partial charge in [0.15, 0.2) is 0 Å². The molecule has 6 nitrogen and oxygen atoms in total. The molecule has 2 aromatic carbocycles. The number of carbonyl (C=O) groups is 1. The first kappa shape index (κ1) is 21.7. The molecule has 0 bridgehead atoms. The Kier molecular flexibility index (Phi) is 7.11. The van der Waals surface area contributed by atoms with Gasteiger partial charge in [0.2, 0.25) is 0 Å². The van der Waals surface area contributed by atoms with Crippen LogP contribution in [0.2, 0.25) is 0 Å². The summed E-state index contributed by atoms with van der Waals surface area (Å²) in [7, 11) is 1.55. The average molecular weight is 420 g/mol. The van der Waals surface area contributed by atoms with Gasteiger partial charge in [0.1, 0.15) is 22.9 Å². The maximum atomic E-state index is 14.8. The lowest BCUT2D eigenvalue weighted by Crippen LogP contribution is -2.11. The molecule has 0 aliphatic rings. The van der Waals surface area contributed by atoms with Crippen LogP contribution in [0, 0.1) is 5.82 Å². The van der Waals surface area contributed by atoms with E-state index in [1.165, 1.54) is 12.1 Å². The van der Waals surface area contributed by atoms with Gasteiger partial charge in [-0.1, -0.05) is 6.07 Å². The van der Waals surface area contributed by atoms with Crippen LogP contribution in [0.15, 0.2) is 77.6 Å². The van der Waals surface area contributed by atoms with E-state index in [-0.39, 0.29) is 17.7 Å². The summed E-state index contributed by atoms with van der Waals surface area (Å²) in [5.41, 5.74) is 1.51. The second kappa shape index (κ2) is 10.2. The largest absolute Gasteiger partial charge is 0.506 e. The number of hydrogen-bond donors (Lipinski definition) is 1. The number of hydrogen-bond acceptors (Lipinski definition) is 6. The van der Waals surface area contributed by atoms with Gasteiger partial charge in [-0.2, -0.15) is 0 Å². The second-order valence-electron chi connectivity index (χ2n) is 6.37. The molecule has 0 amide bonds. The average Bonchev–Trinajstić information content (AvgIpc) is 2.80. The summed E-state index contributed by atoms with van der Waals surface area (Å²) in [4.78, 5) is 20.5. The molecule has 0 fully saturated rings. The number of aromatic nitrogens is 1. The van der Waals surface area contributed by atoms with Gasteiger partial charge < -0.3 is 14.6 Å². The molecule has 0 aliphatic carbocycles. The van der Waals surface area contributed by atoms with Gasteiger partial charge in [-0.25, -0.2) is 9.18 Å². The summed E-state index contributed by atoms with van der Waals surface area (Å²) in [5.74, 6) is -1.41. The molecule has 158 valence electrons. The number of nitrogens with zero attached hydrogens (tertiary/aromatic N) is 2. The maximum Gasteiger partial charge on any atom is 0.343 e. The monoisotopic (exact) mass is 420 g/mol. The number of halogens is 1. The Bertz CT molecular complexity index is 1110. The van der Waals surface area contributed by atoms with E-state index in [0.717, 1.165) is 11.8 Å². The van der Waals surface area contributed by atoms with Gasteiger partial charge in [-0.05, 0) is 66.6 Å². The molecule has 3 rings (SSSR count). The number of esters is 1. The minimum atomic E-state index is -0.810. The molecule has 0 aliphatic heterocycles. The van der Waals surface area contributed by atoms with Crippen molar-refractivity contribution in [1.82, 2.24) is 4.98 Å². The minimum Gasteiger partial charge on any atom is -0.506 e. The number of ether oxygens (including phenoxy) is 2. The number of benzene rings is 2. The summed E-state index contributed by atoms with van der Waals surface area (Å²) >= 11 is 0. The Hall–Kier alpha value is -4.00. The molecule has 1 heterocycles. The van der Waals surface area contributed by atoms with Crippen molar-refractivity contribution in [3.05, 3.63) is 83.9 Å². The summed E-state index contributed by atoms with van der Waals surface area (Å²) in [6.07, 6.45) is 4.37. The van der Waals surface area contributed by atoms with Crippen LogP contribution in [-0.4, -0.2) is 36.0 Å². The highest BCUT2D eigenvalue weighted by Crippen LogP contribution is 2.26. The summed E-state index contributed by atoms with van der Waals surface area (Å²) in [6, 6.07) is 14.6. The van der Waals surface area contributed by atoms with Crippen LogP contribution in [0.1, 0.15) is 12.5 Å². The SMILES string of the molecule is CCOC(=O)/C(C=Nc1ccc(OC)cc1)=C(\O)c1ccc(-c2ccncc2)cc1F. The third-order valence-corrected chi connectivity index (χ3v) is 4.40. The highest BCUT2D eigenvalue weighted by molar-refractivity contribution is 6.15. The van der Waals surface area contributed by atoms with E-state index in [2.05, 4.69) is 9.98 Å². The van der Waals surface area contributed by atoms with Crippen LogP contribution in [0.5, 0.6) is 5.75 Å². The van der Waals surface area contributed by atoms with Crippen LogP contribution < -0.4 is 4.74 Å². The molecule has 0 unspecified atom stereocenters. The zero-order valence-electron chi connectivity index (χ0n) is 17.1. The molecule has 1 aromatic heterocycles. The van der Waals surface area contributed by atoms with Crippen molar-refractivity contribution in [3.63, 3.8) is 0 Å². The fourth-order valence-corrected chi connectivity index (χ4v) is 2.80. The maximum absolute atomic E-state index is 14.8. The number of pyridine rings is 1. The van der Waals surface area contributed by atoms with E-state index in [0.29, 0.717) is 17.0 Å². The molecule has 1 N–H and O–H groups in total. The fourth-order valence-electron chi connectivity index (χ4n) is 2.80. The van der Waals surface area contributed by atoms with Crippen molar-refractivity contribution in [3.8, 4) is 16.9 Å². The number of methoxy groups -OCH3 is 1. The minimum absolute atomic E-state index is 0.0927. The van der Waals surface area contributed by atoms with Gasteiger partial charge in [-0.3, -0.25) is 9.98 Å². The number of aliphatic hydroxyl groups excluding tert-OH is 1. The van der Waals surface area contributed by atoms with E-state index >= 15 is 0 Å². The van der Waals surface area contributed by atoms with Crippen molar-refractivity contribution < 1.29 is 23.8 Å². The van der Waals surface area contributed by atoms with Gasteiger partial charge in [0, 0.05) is 18.6 Å². The van der Waals surface area contributed by atoms with Crippen LogP contribution >= 0.6 is 0 Å². The van der Waals surface area contributed by atoms with E-state index in [4.69, 9.17) is 9.47 Å². The molecule has 0 saturated carbocycles. The van der Waals surface area contributed by atoms with E-state index in [1.54, 1.807) is 68.9 Å². The molecule has 0 atom stereocenters. The third-order valence-electron chi connectivity index (χ3n) is 4.40. The normalized spacial score (nSPS) is 11.8. The molecule has 0 saturated heterocycles. The zero-order valence-corrected chi connectivity index (χ0v) is 17.1. The fraction of sp³-hybridized carbons (Fsp3) is 0.125. The van der Waals surface area contributed by atoms with Gasteiger partial charge >= 0.3 is 5.97 Å². The first-order valence-corrected chi connectivity index (χ1v) is 9.52. The lowest BCUT2D eigenvalue weighted by atomic mass is 10.0.